The average Bonchev–Trinajstić information content (AvgIpc) is 2.92. The second-order valence-corrected chi connectivity index (χ2v) is 11.4. The fourth-order valence-corrected chi connectivity index (χ4v) is 6.73. The smallest absolute Gasteiger partial charge is 0.198 e. The lowest BCUT2D eigenvalue weighted by Crippen LogP contribution is -2.27. The molecule has 0 aliphatic heterocycles. The van der Waals surface area contributed by atoms with Gasteiger partial charge in [0, 0.05) is 32.7 Å². The fraction of sp³-hybridized carbons (Fsp3) is 0.133. The van der Waals surface area contributed by atoms with E-state index in [-0.39, 0.29) is 45.0 Å². The number of fused-ring (bicyclic) bond motifs is 2. The summed E-state index contributed by atoms with van der Waals surface area (Å²) in [5.74, 6) is 0.636. The SMILES string of the molecule is Nc1cc(SCCc2ccccc2)c(N)c2c1C(=O)c1c(N)c(SCCc3ccccc3)cc(N)c1C2=O. The van der Waals surface area contributed by atoms with Crippen LogP contribution < -0.4 is 22.9 Å². The number of ketones is 2. The molecule has 192 valence electrons. The van der Waals surface area contributed by atoms with Crippen LogP contribution in [0.5, 0.6) is 0 Å². The van der Waals surface area contributed by atoms with Gasteiger partial charge >= 0.3 is 0 Å². The molecule has 0 atom stereocenters. The zero-order valence-corrected chi connectivity index (χ0v) is 22.3. The molecule has 0 bridgehead atoms. The van der Waals surface area contributed by atoms with Crippen LogP contribution in [0.15, 0.2) is 82.6 Å². The van der Waals surface area contributed by atoms with Crippen LogP contribution in [-0.2, 0) is 12.8 Å². The van der Waals surface area contributed by atoms with Gasteiger partial charge in [0.1, 0.15) is 0 Å². The van der Waals surface area contributed by atoms with Gasteiger partial charge in [-0.2, -0.15) is 0 Å². The molecular weight excluding hydrogens is 512 g/mol. The first kappa shape index (κ1) is 25.8. The summed E-state index contributed by atoms with van der Waals surface area (Å²) >= 11 is 3.01. The van der Waals surface area contributed by atoms with Gasteiger partial charge in [-0.05, 0) is 36.1 Å². The average molecular weight is 541 g/mol. The largest absolute Gasteiger partial charge is 0.398 e. The summed E-state index contributed by atoms with van der Waals surface area (Å²) < 4.78 is 0. The van der Waals surface area contributed by atoms with E-state index in [0.717, 1.165) is 24.3 Å². The van der Waals surface area contributed by atoms with Gasteiger partial charge in [0.25, 0.3) is 0 Å². The minimum atomic E-state index is -0.422. The lowest BCUT2D eigenvalue weighted by Gasteiger charge is -2.25. The predicted octanol–water partition coefficient (Wildman–Crippen LogP) is 5.46. The number of nitrogen functional groups attached to an aromatic ring is 4. The van der Waals surface area contributed by atoms with Gasteiger partial charge in [0.2, 0.25) is 0 Å². The number of benzene rings is 4. The first-order chi connectivity index (χ1) is 18.4. The maximum Gasteiger partial charge on any atom is 0.198 e. The number of hydrogen-bond donors (Lipinski definition) is 4. The van der Waals surface area contributed by atoms with E-state index in [1.54, 1.807) is 12.1 Å². The van der Waals surface area contributed by atoms with E-state index in [1.807, 2.05) is 36.4 Å². The third-order valence-electron chi connectivity index (χ3n) is 6.61. The molecule has 4 aromatic carbocycles. The van der Waals surface area contributed by atoms with Gasteiger partial charge < -0.3 is 22.9 Å². The number of carbonyl (C=O) groups is 2. The van der Waals surface area contributed by atoms with E-state index >= 15 is 0 Å². The number of rotatable bonds is 8. The van der Waals surface area contributed by atoms with E-state index in [4.69, 9.17) is 22.9 Å². The first-order valence-corrected chi connectivity index (χ1v) is 14.2. The van der Waals surface area contributed by atoms with Crippen LogP contribution in [0.3, 0.4) is 0 Å². The molecule has 6 nitrogen and oxygen atoms in total. The lowest BCUT2D eigenvalue weighted by molar-refractivity contribution is 0.0981. The van der Waals surface area contributed by atoms with E-state index in [1.165, 1.54) is 34.7 Å². The van der Waals surface area contributed by atoms with Crippen molar-refractivity contribution in [3.63, 3.8) is 0 Å². The number of hydrogen-bond acceptors (Lipinski definition) is 8. The second-order valence-electron chi connectivity index (χ2n) is 9.08. The number of thioether (sulfide) groups is 2. The van der Waals surface area contributed by atoms with Crippen molar-refractivity contribution in [2.75, 3.05) is 34.4 Å². The Kier molecular flexibility index (Phi) is 7.35. The highest BCUT2D eigenvalue weighted by atomic mass is 32.2. The molecule has 5 rings (SSSR count). The number of anilines is 4. The normalized spacial score (nSPS) is 12.3. The molecule has 0 spiro atoms. The van der Waals surface area contributed by atoms with Gasteiger partial charge in [0.15, 0.2) is 11.6 Å². The van der Waals surface area contributed by atoms with Crippen LogP contribution in [0.2, 0.25) is 0 Å². The summed E-state index contributed by atoms with van der Waals surface area (Å²) in [7, 11) is 0. The Morgan fingerprint density at radius 1 is 0.526 bits per heavy atom. The highest BCUT2D eigenvalue weighted by Crippen LogP contribution is 2.45. The number of aryl methyl sites for hydroxylation is 2. The quantitative estimate of drug-likeness (QED) is 0.150. The van der Waals surface area contributed by atoms with Gasteiger partial charge in [-0.25, -0.2) is 0 Å². The van der Waals surface area contributed by atoms with Crippen LogP contribution in [0.25, 0.3) is 0 Å². The molecule has 0 amide bonds. The number of carbonyl (C=O) groups excluding carboxylic acids is 2. The standard InChI is InChI=1S/C30H28N4O2S2/c31-19-15-21(37-13-11-17-7-3-1-4-8-17)27(33)25-23(19)30(36)26-24(29(25)35)20(32)16-22(28(26)34)38-14-12-18-9-5-2-6-10-18/h1-10,15-16H,11-14,31-34H2. The zero-order valence-electron chi connectivity index (χ0n) is 20.7. The Balaban J connectivity index is 1.43. The maximum absolute atomic E-state index is 13.7. The summed E-state index contributed by atoms with van der Waals surface area (Å²) in [5, 5.41) is 0. The van der Waals surface area contributed by atoms with Crippen molar-refractivity contribution in [1.82, 2.24) is 0 Å². The van der Waals surface area contributed by atoms with Gasteiger partial charge in [-0.3, -0.25) is 9.59 Å². The molecule has 0 saturated carbocycles. The molecule has 0 fully saturated rings. The molecule has 1 aliphatic carbocycles. The Labute approximate surface area is 230 Å². The van der Waals surface area contributed by atoms with Gasteiger partial charge in [0.05, 0.1) is 33.6 Å². The molecule has 8 N–H and O–H groups in total. The lowest BCUT2D eigenvalue weighted by atomic mass is 9.81. The zero-order chi connectivity index (χ0) is 26.8. The molecule has 0 saturated heterocycles. The van der Waals surface area contributed by atoms with Crippen LogP contribution >= 0.6 is 23.5 Å². The van der Waals surface area contributed by atoms with E-state index in [2.05, 4.69) is 24.3 Å². The molecule has 1 aliphatic rings. The molecule has 0 radical (unpaired) electrons. The predicted molar refractivity (Wildman–Crippen MR) is 159 cm³/mol. The van der Waals surface area contributed by atoms with Crippen LogP contribution in [-0.4, -0.2) is 23.1 Å². The number of nitrogens with two attached hydrogens (primary N) is 4. The van der Waals surface area contributed by atoms with Crippen molar-refractivity contribution in [2.24, 2.45) is 0 Å². The Morgan fingerprint density at radius 3 is 1.26 bits per heavy atom. The third-order valence-corrected chi connectivity index (χ3v) is 8.72. The minimum Gasteiger partial charge on any atom is -0.398 e. The monoisotopic (exact) mass is 540 g/mol. The van der Waals surface area contributed by atoms with Crippen molar-refractivity contribution < 1.29 is 9.59 Å². The van der Waals surface area contributed by atoms with E-state index in [0.29, 0.717) is 9.79 Å². The molecule has 0 aromatic heterocycles. The summed E-state index contributed by atoms with van der Waals surface area (Å²) in [5.41, 5.74) is 29.4. The molecular formula is C30H28N4O2S2. The topological polar surface area (TPSA) is 138 Å². The molecule has 38 heavy (non-hydrogen) atoms. The highest BCUT2D eigenvalue weighted by molar-refractivity contribution is 7.99. The fourth-order valence-electron chi connectivity index (χ4n) is 4.68. The maximum atomic E-state index is 13.7. The van der Waals surface area contributed by atoms with Crippen molar-refractivity contribution >= 4 is 57.8 Å². The summed E-state index contributed by atoms with van der Waals surface area (Å²) in [6.45, 7) is 0. The van der Waals surface area contributed by atoms with Crippen LogP contribution in [0.4, 0.5) is 22.7 Å². The Morgan fingerprint density at radius 2 is 0.895 bits per heavy atom. The first-order valence-electron chi connectivity index (χ1n) is 12.2. The van der Waals surface area contributed by atoms with Crippen LogP contribution in [0.1, 0.15) is 43.0 Å². The van der Waals surface area contributed by atoms with Crippen molar-refractivity contribution in [1.29, 1.82) is 0 Å². The van der Waals surface area contributed by atoms with Crippen molar-refractivity contribution in [3.05, 3.63) is 106 Å². The van der Waals surface area contributed by atoms with E-state index in [9.17, 15) is 9.59 Å². The van der Waals surface area contributed by atoms with Gasteiger partial charge in [-0.15, -0.1) is 23.5 Å². The Hall–Kier alpha value is -3.88. The third kappa shape index (κ3) is 4.85. The molecule has 0 heterocycles. The summed E-state index contributed by atoms with van der Waals surface area (Å²) in [4.78, 5) is 28.8. The molecule has 4 aromatic rings. The minimum absolute atomic E-state index is 0.102. The summed E-state index contributed by atoms with van der Waals surface area (Å²) in [6.07, 6.45) is 1.65. The van der Waals surface area contributed by atoms with Gasteiger partial charge in [-0.1, -0.05) is 60.7 Å². The highest BCUT2D eigenvalue weighted by Gasteiger charge is 2.38. The van der Waals surface area contributed by atoms with Crippen molar-refractivity contribution in [2.45, 2.75) is 22.6 Å². The molecule has 8 heteroatoms. The summed E-state index contributed by atoms with van der Waals surface area (Å²) in [6, 6.07) is 23.5. The molecule has 0 unspecified atom stereocenters. The van der Waals surface area contributed by atoms with Crippen LogP contribution in [0, 0.1) is 0 Å². The van der Waals surface area contributed by atoms with E-state index < -0.39 is 11.6 Å². The Bertz CT molecular complexity index is 1420. The second kappa shape index (κ2) is 10.8. The van der Waals surface area contributed by atoms with Crippen molar-refractivity contribution in [3.8, 4) is 0 Å².